The number of hydrogen-bond donors (Lipinski definition) is 0. The van der Waals surface area contributed by atoms with Crippen LogP contribution < -0.4 is 39.9 Å². The normalized spacial score (nSPS) is 10.7. The van der Waals surface area contributed by atoms with Crippen molar-refractivity contribution in [1.29, 1.82) is 0 Å². The molecule has 0 heterocycles. The second kappa shape index (κ2) is 7.40. The Hall–Kier alpha value is -0.890. The van der Waals surface area contributed by atoms with Gasteiger partial charge in [0.1, 0.15) is 27.2 Å². The van der Waals surface area contributed by atoms with Crippen LogP contribution in [0.1, 0.15) is 0 Å². The highest BCUT2D eigenvalue weighted by Crippen LogP contribution is 2.60. The van der Waals surface area contributed by atoms with Crippen molar-refractivity contribution in [3.63, 3.8) is 0 Å². The van der Waals surface area contributed by atoms with E-state index in [1.54, 1.807) is 0 Å². The lowest BCUT2D eigenvalue weighted by atomic mass is 10.4. The van der Waals surface area contributed by atoms with E-state index in [1.165, 1.54) is 15.9 Å². The molecule has 0 bridgehead atoms. The molecule has 106 valence electrons. The Bertz CT molecular complexity index is 575. The van der Waals surface area contributed by atoms with Gasteiger partial charge in [-0.3, -0.25) is 0 Å². The van der Waals surface area contributed by atoms with Crippen molar-refractivity contribution in [2.75, 3.05) is 0 Å². The smallest absolute Gasteiger partial charge is 0.210 e. The molecule has 3 heteroatoms. The molecule has 0 aliphatic heterocycles. The minimum atomic E-state index is -2.05. The quantitative estimate of drug-likeness (QED) is 0.437. The Balaban J connectivity index is 0.00000161. The Morgan fingerprint density at radius 1 is 0.476 bits per heavy atom. The largest absolute Gasteiger partial charge is 1.00 e. The Morgan fingerprint density at radius 2 is 0.714 bits per heavy atom. The van der Waals surface area contributed by atoms with Crippen LogP contribution in [0.3, 0.4) is 0 Å². The first-order valence-corrected chi connectivity index (χ1v) is 9.27. The van der Waals surface area contributed by atoms with Crippen molar-refractivity contribution < 1.29 is 24.0 Å². The highest BCUT2D eigenvalue weighted by Gasteiger charge is 2.44. The molecule has 3 aromatic rings. The van der Waals surface area contributed by atoms with E-state index in [-0.39, 0.29) is 24.0 Å². The molecule has 0 unspecified atom stereocenters. The highest BCUT2D eigenvalue weighted by molar-refractivity contribution is 8.14. The summed E-state index contributed by atoms with van der Waals surface area (Å²) in [6.07, 6.45) is 0. The van der Waals surface area contributed by atoms with Crippen LogP contribution in [-0.4, -0.2) is 0 Å². The summed E-state index contributed by atoms with van der Waals surface area (Å²) >= 11 is 7.23. The van der Waals surface area contributed by atoms with Crippen LogP contribution in [0, 0.1) is 0 Å². The van der Waals surface area contributed by atoms with Gasteiger partial charge in [0.25, 0.3) is 0 Å². The van der Waals surface area contributed by atoms with Gasteiger partial charge < -0.3 is 24.0 Å². The van der Waals surface area contributed by atoms with Crippen LogP contribution in [0.2, 0.25) is 0 Å². The molecular weight excluding hydrogens is 410 g/mol. The molecule has 3 rings (SSSR count). The second-order valence-corrected chi connectivity index (χ2v) is 8.84. The molecule has 0 amide bonds. The van der Waals surface area contributed by atoms with Crippen LogP contribution in [0.4, 0.5) is 0 Å². The van der Waals surface area contributed by atoms with Crippen LogP contribution in [0.15, 0.2) is 91.0 Å². The van der Waals surface area contributed by atoms with Crippen molar-refractivity contribution in [2.24, 2.45) is 0 Å². The summed E-state index contributed by atoms with van der Waals surface area (Å²) in [4.78, 5) is 0. The van der Waals surface area contributed by atoms with E-state index in [9.17, 15) is 0 Å². The first kappa shape index (κ1) is 16.5. The van der Waals surface area contributed by atoms with E-state index in [0.717, 1.165) is 0 Å². The summed E-state index contributed by atoms with van der Waals surface area (Å²) in [5.41, 5.74) is 0. The molecule has 0 spiro atoms. The van der Waals surface area contributed by atoms with E-state index < -0.39 is 6.62 Å². The van der Waals surface area contributed by atoms with Crippen LogP contribution in [0.25, 0.3) is 0 Å². The van der Waals surface area contributed by atoms with E-state index in [4.69, 9.17) is 11.2 Å². The Labute approximate surface area is 148 Å². The van der Waals surface area contributed by atoms with E-state index in [2.05, 4.69) is 72.8 Å². The summed E-state index contributed by atoms with van der Waals surface area (Å²) in [6, 6.07) is 31.2. The molecule has 0 aromatic heterocycles. The second-order valence-electron chi connectivity index (χ2n) is 4.60. The maximum absolute atomic E-state index is 7.23. The van der Waals surface area contributed by atoms with Crippen molar-refractivity contribution in [2.45, 2.75) is 0 Å². The third-order valence-corrected chi connectivity index (χ3v) is 8.12. The zero-order chi connectivity index (χ0) is 13.8. The summed E-state index contributed by atoms with van der Waals surface area (Å²) in [5.74, 6) is 0. The van der Waals surface area contributed by atoms with Gasteiger partial charge in [0.15, 0.2) is 0 Å². The average Bonchev–Trinajstić information content (AvgIpc) is 2.56. The molecule has 21 heavy (non-hydrogen) atoms. The number of rotatable bonds is 3. The van der Waals surface area contributed by atoms with Gasteiger partial charge >= 0.3 is 0 Å². The van der Waals surface area contributed by atoms with Gasteiger partial charge in [-0.1, -0.05) is 54.6 Å². The van der Waals surface area contributed by atoms with Crippen LogP contribution >= 0.6 is 17.9 Å². The molecule has 3 aromatic carbocycles. The fraction of sp³-hybridized carbons (Fsp3) is 0. The molecular formula is C18H15ClIP. The van der Waals surface area contributed by atoms with Crippen LogP contribution in [0.5, 0.6) is 0 Å². The first-order chi connectivity index (χ1) is 9.82. The van der Waals surface area contributed by atoms with Crippen molar-refractivity contribution >= 4 is 33.8 Å². The van der Waals surface area contributed by atoms with Crippen LogP contribution in [-0.2, 0) is 0 Å². The summed E-state index contributed by atoms with van der Waals surface area (Å²) in [7, 11) is 0. The minimum Gasteiger partial charge on any atom is -1.00 e. The third-order valence-electron chi connectivity index (χ3n) is 3.34. The van der Waals surface area contributed by atoms with Crippen molar-refractivity contribution in [3.8, 4) is 0 Å². The Kier molecular flexibility index (Phi) is 5.80. The van der Waals surface area contributed by atoms with E-state index >= 15 is 0 Å². The molecule has 0 aliphatic rings. The minimum absolute atomic E-state index is 0. The number of benzene rings is 3. The lowest BCUT2D eigenvalue weighted by Gasteiger charge is -2.18. The van der Waals surface area contributed by atoms with E-state index in [0.29, 0.717) is 0 Å². The molecule has 0 saturated heterocycles. The van der Waals surface area contributed by atoms with Gasteiger partial charge in [-0.05, 0) is 36.4 Å². The number of hydrogen-bond acceptors (Lipinski definition) is 0. The van der Waals surface area contributed by atoms with E-state index in [1.807, 2.05) is 18.2 Å². The standard InChI is InChI=1S/C18H15ClP.HI/c19-20(16-10-4-1-5-11-16,17-12-6-2-7-13-17)18-14-8-3-9-15-18;/h1-15H;1H/q+1;/p-1. The fourth-order valence-corrected chi connectivity index (χ4v) is 6.00. The van der Waals surface area contributed by atoms with Gasteiger partial charge in [-0.2, -0.15) is 0 Å². The SMILES string of the molecule is Cl[P+](c1ccccc1)(c1ccccc1)c1ccccc1.[I-]. The summed E-state index contributed by atoms with van der Waals surface area (Å²) in [6.45, 7) is -2.05. The summed E-state index contributed by atoms with van der Waals surface area (Å²) in [5, 5.41) is 3.58. The first-order valence-electron chi connectivity index (χ1n) is 6.57. The van der Waals surface area contributed by atoms with Gasteiger partial charge in [0.05, 0.1) is 0 Å². The highest BCUT2D eigenvalue weighted by atomic mass is 127. The molecule has 0 aliphatic carbocycles. The van der Waals surface area contributed by atoms with Crippen molar-refractivity contribution in [1.82, 2.24) is 0 Å². The summed E-state index contributed by atoms with van der Waals surface area (Å²) < 4.78 is 0. The predicted molar refractivity (Wildman–Crippen MR) is 91.0 cm³/mol. The fourth-order valence-electron chi connectivity index (χ4n) is 2.35. The van der Waals surface area contributed by atoms with Gasteiger partial charge in [0.2, 0.25) is 6.62 Å². The third kappa shape index (κ3) is 3.31. The molecule has 0 nitrogen and oxygen atoms in total. The monoisotopic (exact) mass is 424 g/mol. The van der Waals surface area contributed by atoms with Gasteiger partial charge in [-0.15, -0.1) is 0 Å². The molecule has 0 N–H and O–H groups in total. The van der Waals surface area contributed by atoms with Gasteiger partial charge in [-0.25, -0.2) is 0 Å². The number of halogens is 2. The molecule has 0 saturated carbocycles. The topological polar surface area (TPSA) is 0 Å². The van der Waals surface area contributed by atoms with Gasteiger partial charge in [0, 0.05) is 0 Å². The van der Waals surface area contributed by atoms with Crippen molar-refractivity contribution in [3.05, 3.63) is 91.0 Å². The lowest BCUT2D eigenvalue weighted by Crippen LogP contribution is -3.00. The zero-order valence-corrected chi connectivity index (χ0v) is 15.2. The molecule has 0 radical (unpaired) electrons. The Morgan fingerprint density at radius 3 is 0.952 bits per heavy atom. The molecule has 0 fully saturated rings. The average molecular weight is 425 g/mol. The maximum Gasteiger partial charge on any atom is 0.210 e. The molecule has 0 atom stereocenters. The lowest BCUT2D eigenvalue weighted by molar-refractivity contribution is -0.00000372. The zero-order valence-electron chi connectivity index (χ0n) is 11.4. The maximum atomic E-state index is 7.23. The predicted octanol–water partition coefficient (Wildman–Crippen LogP) is 1.14.